The van der Waals surface area contributed by atoms with Crippen molar-refractivity contribution in [3.8, 4) is 0 Å². The van der Waals surface area contributed by atoms with Crippen molar-refractivity contribution >= 4 is 17.5 Å². The van der Waals surface area contributed by atoms with Crippen LogP contribution in [0.25, 0.3) is 0 Å². The van der Waals surface area contributed by atoms with Crippen LogP contribution in [0.1, 0.15) is 72.1 Å². The summed E-state index contributed by atoms with van der Waals surface area (Å²) in [6, 6.07) is 9.82. The molecule has 10 heteroatoms. The Bertz CT molecular complexity index is 1290. The molecule has 0 radical (unpaired) electrons. The number of rotatable bonds is 10. The van der Waals surface area contributed by atoms with E-state index < -0.39 is 5.92 Å². The van der Waals surface area contributed by atoms with Crippen LogP contribution in [0.4, 0.5) is 0 Å². The number of aryl methyl sites for hydroxylation is 1. The van der Waals surface area contributed by atoms with Crippen molar-refractivity contribution in [3.05, 3.63) is 76.8 Å². The van der Waals surface area contributed by atoms with Gasteiger partial charge in [0.05, 0.1) is 12.1 Å². The molecule has 0 aliphatic carbocycles. The molecule has 38 heavy (non-hydrogen) atoms. The predicted octanol–water partition coefficient (Wildman–Crippen LogP) is 3.10. The number of nitrogens with two attached hydrogens (primary N) is 1. The lowest BCUT2D eigenvalue weighted by Crippen LogP contribution is -2.38. The minimum Gasteiger partial charge on any atom is -0.425 e. The molecule has 10 nitrogen and oxygen atoms in total. The molecule has 0 saturated carbocycles. The lowest BCUT2D eigenvalue weighted by atomic mass is 9.94. The highest BCUT2D eigenvalue weighted by Gasteiger charge is 2.36. The molecule has 2 amide bonds. The summed E-state index contributed by atoms with van der Waals surface area (Å²) in [5, 5.41) is 14.3. The van der Waals surface area contributed by atoms with Gasteiger partial charge >= 0.3 is 0 Å². The Kier molecular flexibility index (Phi) is 7.88. The highest BCUT2D eigenvalue weighted by molar-refractivity contribution is 6.06. The van der Waals surface area contributed by atoms with E-state index in [0.29, 0.717) is 50.8 Å². The molecule has 0 fully saturated rings. The monoisotopic (exact) mass is 515 g/mol. The summed E-state index contributed by atoms with van der Waals surface area (Å²) in [5.74, 6) is 0.136. The van der Waals surface area contributed by atoms with Gasteiger partial charge in [0, 0.05) is 45.4 Å². The maximum atomic E-state index is 13.2. The molecule has 4 heterocycles. The quantitative estimate of drug-likeness (QED) is 0.411. The average Bonchev–Trinajstić information content (AvgIpc) is 3.56. The van der Waals surface area contributed by atoms with Gasteiger partial charge in [-0.1, -0.05) is 37.1 Å². The van der Waals surface area contributed by atoms with E-state index in [2.05, 4.69) is 15.2 Å². The van der Waals surface area contributed by atoms with Crippen LogP contribution in [0, 0.1) is 6.92 Å². The van der Waals surface area contributed by atoms with Crippen molar-refractivity contribution in [2.75, 3.05) is 13.1 Å². The maximum absolute atomic E-state index is 13.2. The SMILES string of the molecule is Cc1nnc(C2CC(c3ccc(CC(=O)N4Cc5ccncc5C4)cc3)=NN(CCCCCCN)C2=O)o1. The maximum Gasteiger partial charge on any atom is 0.255 e. The van der Waals surface area contributed by atoms with Gasteiger partial charge in [-0.15, -0.1) is 10.2 Å². The molecule has 0 saturated heterocycles. The second-order valence-corrected chi connectivity index (χ2v) is 9.89. The van der Waals surface area contributed by atoms with Gasteiger partial charge in [-0.25, -0.2) is 5.01 Å². The van der Waals surface area contributed by atoms with Crippen molar-refractivity contribution < 1.29 is 14.0 Å². The van der Waals surface area contributed by atoms with Crippen LogP contribution in [0.15, 0.2) is 52.2 Å². The van der Waals surface area contributed by atoms with Crippen molar-refractivity contribution in [1.29, 1.82) is 0 Å². The average molecular weight is 516 g/mol. The summed E-state index contributed by atoms with van der Waals surface area (Å²) >= 11 is 0. The molecule has 2 aliphatic heterocycles. The molecular formula is C28H33N7O3. The fourth-order valence-corrected chi connectivity index (χ4v) is 4.93. The zero-order valence-corrected chi connectivity index (χ0v) is 21.7. The van der Waals surface area contributed by atoms with E-state index in [0.717, 1.165) is 53.6 Å². The van der Waals surface area contributed by atoms with Gasteiger partial charge in [-0.05, 0) is 47.7 Å². The van der Waals surface area contributed by atoms with Crippen LogP contribution >= 0.6 is 0 Å². The van der Waals surface area contributed by atoms with Crippen LogP contribution < -0.4 is 5.73 Å². The van der Waals surface area contributed by atoms with E-state index >= 15 is 0 Å². The normalized spacial score (nSPS) is 17.1. The van der Waals surface area contributed by atoms with Gasteiger partial charge in [-0.3, -0.25) is 14.6 Å². The molecule has 2 aromatic heterocycles. The van der Waals surface area contributed by atoms with Crippen LogP contribution in [0.2, 0.25) is 0 Å². The molecule has 3 aromatic rings. The third kappa shape index (κ3) is 5.80. The smallest absolute Gasteiger partial charge is 0.255 e. The predicted molar refractivity (Wildman–Crippen MR) is 141 cm³/mol. The third-order valence-electron chi connectivity index (χ3n) is 7.08. The van der Waals surface area contributed by atoms with E-state index in [4.69, 9.17) is 15.3 Å². The summed E-state index contributed by atoms with van der Waals surface area (Å²) in [5.41, 5.74) is 10.5. The minimum atomic E-state index is -0.569. The van der Waals surface area contributed by atoms with E-state index in [-0.39, 0.29) is 11.8 Å². The van der Waals surface area contributed by atoms with E-state index in [9.17, 15) is 9.59 Å². The number of hydrazone groups is 1. The lowest BCUT2D eigenvalue weighted by molar-refractivity contribution is -0.134. The fraction of sp³-hybridized carbons (Fsp3) is 0.429. The van der Waals surface area contributed by atoms with E-state index in [1.54, 1.807) is 18.1 Å². The van der Waals surface area contributed by atoms with Gasteiger partial charge in [0.25, 0.3) is 5.91 Å². The molecule has 5 rings (SSSR count). The molecule has 198 valence electrons. The Morgan fingerprint density at radius 1 is 1.05 bits per heavy atom. The van der Waals surface area contributed by atoms with Gasteiger partial charge in [0.15, 0.2) is 0 Å². The zero-order chi connectivity index (χ0) is 26.5. The molecule has 1 aromatic carbocycles. The van der Waals surface area contributed by atoms with Gasteiger partial charge in [-0.2, -0.15) is 5.10 Å². The van der Waals surface area contributed by atoms with Crippen molar-refractivity contribution in [2.24, 2.45) is 10.8 Å². The molecule has 1 atom stereocenters. The third-order valence-corrected chi connectivity index (χ3v) is 7.08. The van der Waals surface area contributed by atoms with E-state index in [1.807, 2.05) is 41.4 Å². The van der Waals surface area contributed by atoms with Gasteiger partial charge in [0.2, 0.25) is 17.7 Å². The topological polar surface area (TPSA) is 131 Å². The van der Waals surface area contributed by atoms with Crippen LogP contribution in [0.3, 0.4) is 0 Å². The first-order valence-electron chi connectivity index (χ1n) is 13.2. The van der Waals surface area contributed by atoms with E-state index in [1.165, 1.54) is 0 Å². The number of carbonyl (C=O) groups is 2. The summed E-state index contributed by atoms with van der Waals surface area (Å²) < 4.78 is 5.63. The standard InChI is InChI=1S/C28H33N7O3/c1-19-31-32-27(38-19)24-15-25(33-35(28(24)37)13-5-3-2-4-11-29)21-8-6-20(7-9-21)14-26(36)34-17-22-10-12-30-16-23(22)18-34/h6-10,12,16,24H,2-5,11,13-15,17-18,29H2,1H3. The second kappa shape index (κ2) is 11.6. The molecular weight excluding hydrogens is 482 g/mol. The first-order chi connectivity index (χ1) is 18.5. The van der Waals surface area contributed by atoms with Crippen molar-refractivity contribution in [1.82, 2.24) is 25.1 Å². The fourth-order valence-electron chi connectivity index (χ4n) is 4.93. The van der Waals surface area contributed by atoms with Gasteiger partial charge < -0.3 is 15.1 Å². The molecule has 2 N–H and O–H groups in total. The largest absolute Gasteiger partial charge is 0.425 e. The van der Waals surface area contributed by atoms with Crippen molar-refractivity contribution in [3.63, 3.8) is 0 Å². The summed E-state index contributed by atoms with van der Waals surface area (Å²) in [4.78, 5) is 32.2. The van der Waals surface area contributed by atoms with Gasteiger partial charge in [0.1, 0.15) is 5.92 Å². The Morgan fingerprint density at radius 2 is 1.84 bits per heavy atom. The first kappa shape index (κ1) is 25.7. The summed E-state index contributed by atoms with van der Waals surface area (Å²) in [6.45, 7) is 4.14. The number of benzene rings is 1. The number of hydrogen-bond donors (Lipinski definition) is 1. The number of carbonyl (C=O) groups excluding carboxylic acids is 2. The number of unbranched alkanes of at least 4 members (excludes halogenated alkanes) is 3. The Hall–Kier alpha value is -3.92. The van der Waals surface area contributed by atoms with Crippen molar-refractivity contribution in [2.45, 2.75) is 64.5 Å². The number of aromatic nitrogens is 3. The number of hydrogen-bond acceptors (Lipinski definition) is 8. The Labute approximate surface area is 221 Å². The molecule has 0 spiro atoms. The molecule has 1 unspecified atom stereocenters. The number of fused-ring (bicyclic) bond motifs is 1. The molecule has 2 aliphatic rings. The Balaban J connectivity index is 1.28. The Morgan fingerprint density at radius 3 is 2.58 bits per heavy atom. The first-order valence-corrected chi connectivity index (χ1v) is 13.2. The minimum absolute atomic E-state index is 0.0854. The summed E-state index contributed by atoms with van der Waals surface area (Å²) in [7, 11) is 0. The highest BCUT2D eigenvalue weighted by Crippen LogP contribution is 2.29. The molecule has 0 bridgehead atoms. The van der Waals surface area contributed by atoms with Crippen LogP contribution in [-0.4, -0.2) is 55.7 Å². The zero-order valence-electron chi connectivity index (χ0n) is 21.7. The number of amides is 2. The van der Waals surface area contributed by atoms with Crippen LogP contribution in [0.5, 0.6) is 0 Å². The number of nitrogens with zero attached hydrogens (tertiary/aromatic N) is 6. The van der Waals surface area contributed by atoms with Crippen LogP contribution in [-0.2, 0) is 29.1 Å². The second-order valence-electron chi connectivity index (χ2n) is 9.89. The summed E-state index contributed by atoms with van der Waals surface area (Å²) in [6.07, 6.45) is 8.13. The highest BCUT2D eigenvalue weighted by atomic mass is 16.4. The number of pyridine rings is 1. The lowest BCUT2D eigenvalue weighted by Gasteiger charge is -2.28.